The maximum atomic E-state index is 9.72. The second kappa shape index (κ2) is 5.58. The van der Waals surface area contributed by atoms with Gasteiger partial charge in [0.05, 0.1) is 12.2 Å². The maximum absolute atomic E-state index is 9.72. The molecule has 0 heterocycles. The van der Waals surface area contributed by atoms with E-state index in [-0.39, 0.29) is 18.2 Å². The van der Waals surface area contributed by atoms with Crippen molar-refractivity contribution in [2.75, 3.05) is 6.54 Å². The van der Waals surface area contributed by atoms with Gasteiger partial charge >= 0.3 is 0 Å². The van der Waals surface area contributed by atoms with Crippen molar-refractivity contribution < 1.29 is 10.2 Å². The zero-order valence-corrected chi connectivity index (χ0v) is 8.37. The van der Waals surface area contributed by atoms with E-state index in [2.05, 4.69) is 5.32 Å². The molecule has 1 aliphatic carbocycles. The molecule has 0 aromatic heterocycles. The first-order valence-corrected chi connectivity index (χ1v) is 5.29. The fourth-order valence-corrected chi connectivity index (χ4v) is 1.85. The molecule has 0 spiro atoms. The fourth-order valence-electron chi connectivity index (χ4n) is 1.85. The SMILES string of the molecule is C[C@H](O)CNC1CCCCCC1O. The number of hydrogen-bond donors (Lipinski definition) is 3. The van der Waals surface area contributed by atoms with Crippen LogP contribution in [0.4, 0.5) is 0 Å². The normalized spacial score (nSPS) is 32.5. The molecule has 13 heavy (non-hydrogen) atoms. The molecule has 1 rings (SSSR count). The molecule has 3 heteroatoms. The number of rotatable bonds is 3. The highest BCUT2D eigenvalue weighted by atomic mass is 16.3. The Kier molecular flexibility index (Phi) is 4.70. The zero-order chi connectivity index (χ0) is 9.68. The maximum Gasteiger partial charge on any atom is 0.0693 e. The van der Waals surface area contributed by atoms with Gasteiger partial charge in [0.1, 0.15) is 0 Å². The minimum Gasteiger partial charge on any atom is -0.392 e. The van der Waals surface area contributed by atoms with Crippen molar-refractivity contribution >= 4 is 0 Å². The third kappa shape index (κ3) is 4.07. The largest absolute Gasteiger partial charge is 0.392 e. The van der Waals surface area contributed by atoms with Gasteiger partial charge in [-0.25, -0.2) is 0 Å². The van der Waals surface area contributed by atoms with Crippen LogP contribution >= 0.6 is 0 Å². The van der Waals surface area contributed by atoms with Gasteiger partial charge in [-0.05, 0) is 19.8 Å². The quantitative estimate of drug-likeness (QED) is 0.569. The average Bonchev–Trinajstić information content (AvgIpc) is 2.27. The highest BCUT2D eigenvalue weighted by Gasteiger charge is 2.20. The third-order valence-electron chi connectivity index (χ3n) is 2.65. The van der Waals surface area contributed by atoms with Gasteiger partial charge in [0.25, 0.3) is 0 Å². The Morgan fingerprint density at radius 1 is 1.31 bits per heavy atom. The van der Waals surface area contributed by atoms with Crippen molar-refractivity contribution in [2.45, 2.75) is 57.3 Å². The summed E-state index contributed by atoms with van der Waals surface area (Å²) in [5.74, 6) is 0. The number of aliphatic hydroxyl groups excluding tert-OH is 2. The van der Waals surface area contributed by atoms with E-state index < -0.39 is 0 Å². The van der Waals surface area contributed by atoms with Crippen LogP contribution in [0.3, 0.4) is 0 Å². The zero-order valence-electron chi connectivity index (χ0n) is 8.37. The van der Waals surface area contributed by atoms with E-state index in [0.717, 1.165) is 19.3 Å². The second-order valence-electron chi connectivity index (χ2n) is 4.07. The summed E-state index contributed by atoms with van der Waals surface area (Å²) in [4.78, 5) is 0. The molecule has 0 aromatic rings. The Balaban J connectivity index is 2.27. The first kappa shape index (κ1) is 11.0. The van der Waals surface area contributed by atoms with Gasteiger partial charge < -0.3 is 15.5 Å². The second-order valence-corrected chi connectivity index (χ2v) is 4.07. The Morgan fingerprint density at radius 2 is 2.00 bits per heavy atom. The van der Waals surface area contributed by atoms with Crippen molar-refractivity contribution in [1.82, 2.24) is 5.32 Å². The van der Waals surface area contributed by atoms with E-state index in [9.17, 15) is 5.11 Å². The lowest BCUT2D eigenvalue weighted by atomic mass is 10.1. The Hall–Kier alpha value is -0.120. The summed E-state index contributed by atoms with van der Waals surface area (Å²) < 4.78 is 0. The minimum atomic E-state index is -0.324. The van der Waals surface area contributed by atoms with E-state index in [1.807, 2.05) is 0 Å². The molecule has 0 amide bonds. The van der Waals surface area contributed by atoms with Crippen molar-refractivity contribution in [1.29, 1.82) is 0 Å². The summed E-state index contributed by atoms with van der Waals surface area (Å²) in [6, 6.07) is 0.192. The molecule has 1 aliphatic rings. The summed E-state index contributed by atoms with van der Waals surface area (Å²) in [6.07, 6.45) is 4.94. The van der Waals surface area contributed by atoms with Crippen LogP contribution < -0.4 is 5.32 Å². The summed E-state index contributed by atoms with van der Waals surface area (Å²) in [5, 5.41) is 22.0. The molecule has 3 atom stereocenters. The van der Waals surface area contributed by atoms with Crippen molar-refractivity contribution in [3.05, 3.63) is 0 Å². The lowest BCUT2D eigenvalue weighted by Crippen LogP contribution is -2.42. The topological polar surface area (TPSA) is 52.5 Å². The van der Waals surface area contributed by atoms with Gasteiger partial charge in [0, 0.05) is 12.6 Å². The van der Waals surface area contributed by atoms with E-state index in [1.54, 1.807) is 6.92 Å². The van der Waals surface area contributed by atoms with Gasteiger partial charge in [-0.2, -0.15) is 0 Å². The van der Waals surface area contributed by atoms with Crippen LogP contribution in [0.25, 0.3) is 0 Å². The first-order chi connectivity index (χ1) is 6.20. The van der Waals surface area contributed by atoms with Gasteiger partial charge in [-0.1, -0.05) is 19.3 Å². The molecule has 3 nitrogen and oxygen atoms in total. The monoisotopic (exact) mass is 187 g/mol. The summed E-state index contributed by atoms with van der Waals surface area (Å²) in [7, 11) is 0. The molecule has 0 aromatic carbocycles. The Bertz CT molecular complexity index is 139. The average molecular weight is 187 g/mol. The molecular weight excluding hydrogens is 166 g/mol. The van der Waals surface area contributed by atoms with Gasteiger partial charge in [-0.3, -0.25) is 0 Å². The van der Waals surface area contributed by atoms with Crippen LogP contribution in [0.15, 0.2) is 0 Å². The highest BCUT2D eigenvalue weighted by Crippen LogP contribution is 2.17. The lowest BCUT2D eigenvalue weighted by Gasteiger charge is -2.22. The van der Waals surface area contributed by atoms with E-state index in [0.29, 0.717) is 6.54 Å². The van der Waals surface area contributed by atoms with Crippen molar-refractivity contribution in [3.8, 4) is 0 Å². The summed E-state index contributed by atoms with van der Waals surface area (Å²) in [6.45, 7) is 2.35. The van der Waals surface area contributed by atoms with Crippen LogP contribution in [0.1, 0.15) is 39.0 Å². The summed E-state index contributed by atoms with van der Waals surface area (Å²) in [5.41, 5.74) is 0. The van der Waals surface area contributed by atoms with Crippen molar-refractivity contribution in [3.63, 3.8) is 0 Å². The van der Waals surface area contributed by atoms with Crippen LogP contribution in [0, 0.1) is 0 Å². The Labute approximate surface area is 80.2 Å². The molecule has 0 radical (unpaired) electrons. The molecule has 2 unspecified atom stereocenters. The molecule has 78 valence electrons. The van der Waals surface area contributed by atoms with Gasteiger partial charge in [0.2, 0.25) is 0 Å². The van der Waals surface area contributed by atoms with Crippen LogP contribution in [-0.2, 0) is 0 Å². The molecule has 1 saturated carbocycles. The smallest absolute Gasteiger partial charge is 0.0693 e. The minimum absolute atomic E-state index is 0.192. The van der Waals surface area contributed by atoms with E-state index in [4.69, 9.17) is 5.11 Å². The van der Waals surface area contributed by atoms with Gasteiger partial charge in [-0.15, -0.1) is 0 Å². The fraction of sp³-hybridized carbons (Fsp3) is 1.00. The molecular formula is C10H21NO2. The highest BCUT2D eigenvalue weighted by molar-refractivity contribution is 4.79. The number of nitrogens with one attached hydrogen (secondary N) is 1. The first-order valence-electron chi connectivity index (χ1n) is 5.29. The van der Waals surface area contributed by atoms with Crippen molar-refractivity contribution in [2.24, 2.45) is 0 Å². The van der Waals surface area contributed by atoms with Crippen LogP contribution in [0.2, 0.25) is 0 Å². The standard InChI is InChI=1S/C10H21NO2/c1-8(12)7-11-9-5-3-2-4-6-10(9)13/h8-13H,2-7H2,1H3/t8-,9?,10?/m0/s1. The summed E-state index contributed by atoms with van der Waals surface area (Å²) >= 11 is 0. The van der Waals surface area contributed by atoms with Gasteiger partial charge in [0.15, 0.2) is 0 Å². The molecule has 0 aliphatic heterocycles. The Morgan fingerprint density at radius 3 is 2.69 bits per heavy atom. The lowest BCUT2D eigenvalue weighted by molar-refractivity contribution is 0.108. The van der Waals surface area contributed by atoms with Crippen LogP contribution in [0.5, 0.6) is 0 Å². The number of aliphatic hydroxyl groups is 2. The van der Waals surface area contributed by atoms with E-state index >= 15 is 0 Å². The third-order valence-corrected chi connectivity index (χ3v) is 2.65. The number of hydrogen-bond acceptors (Lipinski definition) is 3. The van der Waals surface area contributed by atoms with E-state index in [1.165, 1.54) is 12.8 Å². The molecule has 1 fully saturated rings. The molecule has 0 bridgehead atoms. The molecule has 0 saturated heterocycles. The van der Waals surface area contributed by atoms with Crippen LogP contribution in [-0.4, -0.2) is 35.0 Å². The predicted molar refractivity (Wildman–Crippen MR) is 52.6 cm³/mol. The predicted octanol–water partition coefficient (Wildman–Crippen LogP) is 0.650. The molecule has 3 N–H and O–H groups in total.